The van der Waals surface area contributed by atoms with Crippen LogP contribution in [0.15, 0.2) is 0 Å². The van der Waals surface area contributed by atoms with Crippen molar-refractivity contribution in [2.75, 3.05) is 19.6 Å². The first-order valence-electron chi connectivity index (χ1n) is 5.79. The Morgan fingerprint density at radius 2 is 2.06 bits per heavy atom. The first-order chi connectivity index (χ1) is 7.61. The van der Waals surface area contributed by atoms with E-state index in [0.717, 1.165) is 25.8 Å². The topological polar surface area (TPSA) is 78.4 Å². The van der Waals surface area contributed by atoms with Crippen molar-refractivity contribution in [1.82, 2.24) is 10.6 Å². The van der Waals surface area contributed by atoms with Crippen molar-refractivity contribution >= 4 is 11.9 Å². The van der Waals surface area contributed by atoms with Gasteiger partial charge in [-0.2, -0.15) is 0 Å². The highest BCUT2D eigenvalue weighted by Gasteiger charge is 2.32. The summed E-state index contributed by atoms with van der Waals surface area (Å²) in [5.41, 5.74) is 0. The van der Waals surface area contributed by atoms with Crippen LogP contribution in [-0.4, -0.2) is 36.6 Å². The number of aliphatic carboxylic acids is 1. The molecule has 0 aromatic carbocycles. The van der Waals surface area contributed by atoms with E-state index in [9.17, 15) is 9.59 Å². The molecule has 2 atom stereocenters. The van der Waals surface area contributed by atoms with E-state index >= 15 is 0 Å². The van der Waals surface area contributed by atoms with Crippen LogP contribution in [-0.2, 0) is 9.59 Å². The fourth-order valence-electron chi connectivity index (χ4n) is 2.22. The van der Waals surface area contributed by atoms with Crippen LogP contribution in [0.25, 0.3) is 0 Å². The van der Waals surface area contributed by atoms with Gasteiger partial charge in [-0.15, -0.1) is 0 Å². The second-order valence-electron chi connectivity index (χ2n) is 4.32. The number of hydrogen-bond donors (Lipinski definition) is 3. The van der Waals surface area contributed by atoms with Gasteiger partial charge in [0.2, 0.25) is 5.91 Å². The van der Waals surface area contributed by atoms with Crippen LogP contribution in [0.1, 0.15) is 26.2 Å². The predicted molar refractivity (Wildman–Crippen MR) is 60.0 cm³/mol. The fraction of sp³-hybridized carbons (Fsp3) is 0.818. The Labute approximate surface area is 95.6 Å². The fourth-order valence-corrected chi connectivity index (χ4v) is 2.22. The highest BCUT2D eigenvalue weighted by Crippen LogP contribution is 2.31. The van der Waals surface area contributed by atoms with E-state index in [4.69, 9.17) is 5.11 Å². The van der Waals surface area contributed by atoms with Gasteiger partial charge in [0.05, 0.1) is 5.92 Å². The lowest BCUT2D eigenvalue weighted by atomic mass is 9.96. The Kier molecular flexibility index (Phi) is 5.25. The summed E-state index contributed by atoms with van der Waals surface area (Å²) in [4.78, 5) is 21.5. The van der Waals surface area contributed by atoms with Crippen molar-refractivity contribution in [3.8, 4) is 0 Å². The normalized spacial score (nSPS) is 24.3. The molecule has 1 aliphatic carbocycles. The molecule has 92 valence electrons. The summed E-state index contributed by atoms with van der Waals surface area (Å²) in [5.74, 6) is -0.652. The Hall–Kier alpha value is -1.10. The lowest BCUT2D eigenvalue weighted by molar-refractivity contribution is -0.142. The third kappa shape index (κ3) is 4.18. The third-order valence-electron chi connectivity index (χ3n) is 3.06. The molecule has 0 radical (unpaired) electrons. The number of hydrogen-bond acceptors (Lipinski definition) is 3. The Morgan fingerprint density at radius 3 is 2.69 bits per heavy atom. The lowest BCUT2D eigenvalue weighted by Crippen LogP contribution is -2.34. The van der Waals surface area contributed by atoms with Gasteiger partial charge in [0.15, 0.2) is 0 Å². The van der Waals surface area contributed by atoms with E-state index in [1.165, 1.54) is 6.92 Å². The molecule has 2 unspecified atom stereocenters. The maximum Gasteiger partial charge on any atom is 0.306 e. The van der Waals surface area contributed by atoms with E-state index in [-0.39, 0.29) is 17.7 Å². The summed E-state index contributed by atoms with van der Waals surface area (Å²) in [6, 6.07) is 0. The number of carbonyl (C=O) groups excluding carboxylic acids is 1. The largest absolute Gasteiger partial charge is 0.481 e. The molecule has 5 nitrogen and oxygen atoms in total. The first-order valence-corrected chi connectivity index (χ1v) is 5.79. The van der Waals surface area contributed by atoms with Gasteiger partial charge >= 0.3 is 5.97 Å². The van der Waals surface area contributed by atoms with E-state index in [0.29, 0.717) is 13.1 Å². The highest BCUT2D eigenvalue weighted by atomic mass is 16.4. The van der Waals surface area contributed by atoms with Crippen molar-refractivity contribution in [3.05, 3.63) is 0 Å². The minimum Gasteiger partial charge on any atom is -0.481 e. The number of carbonyl (C=O) groups is 2. The quantitative estimate of drug-likeness (QED) is 0.568. The van der Waals surface area contributed by atoms with Crippen molar-refractivity contribution in [2.24, 2.45) is 11.8 Å². The van der Waals surface area contributed by atoms with Gasteiger partial charge in [0, 0.05) is 20.0 Å². The average Bonchev–Trinajstić information content (AvgIpc) is 2.65. The summed E-state index contributed by atoms with van der Waals surface area (Å²) in [5, 5.41) is 14.9. The molecule has 0 spiro atoms. The summed E-state index contributed by atoms with van der Waals surface area (Å²) in [7, 11) is 0. The van der Waals surface area contributed by atoms with Crippen LogP contribution in [0.4, 0.5) is 0 Å². The van der Waals surface area contributed by atoms with Crippen LogP contribution in [0.2, 0.25) is 0 Å². The number of nitrogens with one attached hydrogen (secondary N) is 2. The molecule has 3 N–H and O–H groups in total. The number of rotatable bonds is 6. The van der Waals surface area contributed by atoms with Crippen LogP contribution < -0.4 is 10.6 Å². The van der Waals surface area contributed by atoms with Crippen molar-refractivity contribution < 1.29 is 14.7 Å². The van der Waals surface area contributed by atoms with Gasteiger partial charge in [0.25, 0.3) is 0 Å². The van der Waals surface area contributed by atoms with E-state index in [1.807, 2.05) is 0 Å². The molecule has 0 bridgehead atoms. The minimum absolute atomic E-state index is 0.0360. The lowest BCUT2D eigenvalue weighted by Gasteiger charge is -2.16. The van der Waals surface area contributed by atoms with Crippen molar-refractivity contribution in [2.45, 2.75) is 26.2 Å². The molecular weight excluding hydrogens is 208 g/mol. The van der Waals surface area contributed by atoms with Gasteiger partial charge in [-0.05, 0) is 25.3 Å². The van der Waals surface area contributed by atoms with Crippen LogP contribution >= 0.6 is 0 Å². The van der Waals surface area contributed by atoms with Gasteiger partial charge in [-0.3, -0.25) is 9.59 Å². The summed E-state index contributed by atoms with van der Waals surface area (Å²) < 4.78 is 0. The maximum atomic E-state index is 10.9. The second-order valence-corrected chi connectivity index (χ2v) is 4.32. The number of carboxylic acid groups (broad SMARTS) is 1. The molecule has 1 rings (SSSR count). The molecule has 0 aromatic heterocycles. The smallest absolute Gasteiger partial charge is 0.306 e. The molecular formula is C11H20N2O3. The van der Waals surface area contributed by atoms with Gasteiger partial charge in [0.1, 0.15) is 0 Å². The van der Waals surface area contributed by atoms with Crippen LogP contribution in [0, 0.1) is 11.8 Å². The van der Waals surface area contributed by atoms with Gasteiger partial charge in [-0.25, -0.2) is 0 Å². The van der Waals surface area contributed by atoms with Crippen molar-refractivity contribution in [1.29, 1.82) is 0 Å². The minimum atomic E-state index is -0.675. The first kappa shape index (κ1) is 13.0. The molecule has 1 saturated carbocycles. The zero-order valence-corrected chi connectivity index (χ0v) is 9.66. The molecule has 0 heterocycles. The molecule has 5 heteroatoms. The Morgan fingerprint density at radius 1 is 1.31 bits per heavy atom. The summed E-state index contributed by atoms with van der Waals surface area (Å²) in [6.07, 6.45) is 2.80. The zero-order chi connectivity index (χ0) is 12.0. The molecule has 1 amide bonds. The Bertz CT molecular complexity index is 256. The molecule has 0 saturated heterocycles. The maximum absolute atomic E-state index is 10.9. The van der Waals surface area contributed by atoms with E-state index < -0.39 is 5.97 Å². The number of carboxylic acids is 1. The van der Waals surface area contributed by atoms with Gasteiger partial charge < -0.3 is 15.7 Å². The Balaban J connectivity index is 2.12. The van der Waals surface area contributed by atoms with E-state index in [2.05, 4.69) is 10.6 Å². The molecule has 1 fully saturated rings. The highest BCUT2D eigenvalue weighted by molar-refractivity contribution is 5.72. The second kappa shape index (κ2) is 6.48. The van der Waals surface area contributed by atoms with Gasteiger partial charge in [-0.1, -0.05) is 6.42 Å². The third-order valence-corrected chi connectivity index (χ3v) is 3.06. The monoisotopic (exact) mass is 228 g/mol. The van der Waals surface area contributed by atoms with Crippen LogP contribution in [0.5, 0.6) is 0 Å². The molecule has 16 heavy (non-hydrogen) atoms. The SMILES string of the molecule is CC(=O)NCCNCC1CCCC1C(=O)O. The average molecular weight is 228 g/mol. The summed E-state index contributed by atoms with van der Waals surface area (Å²) in [6.45, 7) is 3.51. The predicted octanol–water partition coefficient (Wildman–Crippen LogP) is 0.213. The van der Waals surface area contributed by atoms with Crippen molar-refractivity contribution in [3.63, 3.8) is 0 Å². The number of amides is 1. The molecule has 0 aromatic rings. The standard InChI is InChI=1S/C11H20N2O3/c1-8(14)13-6-5-12-7-9-3-2-4-10(9)11(15)16/h9-10,12H,2-7H2,1H3,(H,13,14)(H,15,16). The van der Waals surface area contributed by atoms with Crippen LogP contribution in [0.3, 0.4) is 0 Å². The summed E-state index contributed by atoms with van der Waals surface area (Å²) >= 11 is 0. The zero-order valence-electron chi connectivity index (χ0n) is 9.66. The molecule has 1 aliphatic rings. The molecule has 0 aliphatic heterocycles. The van der Waals surface area contributed by atoms with E-state index in [1.54, 1.807) is 0 Å².